The maximum Gasteiger partial charge on any atom is 0.328 e. The van der Waals surface area contributed by atoms with Crippen molar-refractivity contribution in [2.45, 2.75) is 31.0 Å². The third kappa shape index (κ3) is 6.37. The topological polar surface area (TPSA) is 214 Å². The highest BCUT2D eigenvalue weighted by Crippen LogP contribution is 2.21. The van der Waals surface area contributed by atoms with Gasteiger partial charge in [-0.1, -0.05) is 5.16 Å². The van der Waals surface area contributed by atoms with E-state index < -0.39 is 42.6 Å². The minimum absolute atomic E-state index is 0.0694. The van der Waals surface area contributed by atoms with E-state index in [0.717, 1.165) is 0 Å². The quantitative estimate of drug-likeness (QED) is 0.239. The summed E-state index contributed by atoms with van der Waals surface area (Å²) < 4.78 is 4.97. The van der Waals surface area contributed by atoms with Crippen LogP contribution in [0.25, 0.3) is 0 Å². The second-order valence-corrected chi connectivity index (χ2v) is 5.19. The Morgan fingerprint density at radius 3 is 2.44 bits per heavy atom. The molecule has 0 aliphatic heterocycles. The number of aliphatic hydroxyl groups is 2. The van der Waals surface area contributed by atoms with Crippen LogP contribution >= 0.6 is 0 Å². The number of hydrogen-bond acceptors (Lipinski definition) is 8. The van der Waals surface area contributed by atoms with Crippen molar-refractivity contribution < 1.29 is 34.2 Å². The summed E-state index contributed by atoms with van der Waals surface area (Å²) in [6.45, 7) is -1.18. The van der Waals surface area contributed by atoms with E-state index in [4.69, 9.17) is 31.3 Å². The summed E-state index contributed by atoms with van der Waals surface area (Å²) in [5.41, 5.74) is 10.9. The van der Waals surface area contributed by atoms with Crippen LogP contribution in [0, 0.1) is 0 Å². The molecule has 0 fully saturated rings. The lowest BCUT2D eigenvalue weighted by Gasteiger charge is -2.18. The number of carboxylic acid groups (broad SMARTS) is 1. The molecule has 12 heteroatoms. The van der Waals surface area contributed by atoms with Crippen LogP contribution in [0.2, 0.25) is 0 Å². The van der Waals surface area contributed by atoms with Crippen LogP contribution in [0.4, 0.5) is 4.79 Å². The zero-order valence-corrected chi connectivity index (χ0v) is 13.2. The molecule has 0 unspecified atom stereocenters. The summed E-state index contributed by atoms with van der Waals surface area (Å²) in [5.74, 6) is -1.85. The van der Waals surface area contributed by atoms with E-state index in [9.17, 15) is 14.4 Å². The normalized spacial score (nSPS) is 14.4. The van der Waals surface area contributed by atoms with Crippen molar-refractivity contribution in [1.29, 1.82) is 0 Å². The maximum absolute atomic E-state index is 11.9. The van der Waals surface area contributed by atoms with Crippen LogP contribution in [-0.2, 0) is 9.59 Å². The van der Waals surface area contributed by atoms with Gasteiger partial charge < -0.3 is 41.9 Å². The third-order valence-corrected chi connectivity index (χ3v) is 3.24. The average Bonchev–Trinajstić information content (AvgIpc) is 3.05. The Balaban J connectivity index is 2.85. The summed E-state index contributed by atoms with van der Waals surface area (Å²) in [6.07, 6.45) is -0.0124. The molecular formula is C13H21N5O7. The first-order valence-corrected chi connectivity index (χ1v) is 7.30. The van der Waals surface area contributed by atoms with Gasteiger partial charge in [-0.15, -0.1) is 0 Å². The SMILES string of the molecule is NC(=O)CC[C@@H](NC(=O)N[C@@H](CO)C(=O)O)c1cc([C@@H](N)CO)on1. The molecule has 0 saturated heterocycles. The number of nitrogens with two attached hydrogens (primary N) is 2. The molecule has 140 valence electrons. The monoisotopic (exact) mass is 359 g/mol. The van der Waals surface area contributed by atoms with Gasteiger partial charge in [-0.2, -0.15) is 0 Å². The van der Waals surface area contributed by atoms with E-state index in [1.54, 1.807) is 0 Å². The van der Waals surface area contributed by atoms with Gasteiger partial charge in [-0.25, -0.2) is 9.59 Å². The average molecular weight is 359 g/mol. The largest absolute Gasteiger partial charge is 0.480 e. The number of aliphatic carboxylic acids is 1. The Hall–Kier alpha value is -2.70. The lowest BCUT2D eigenvalue weighted by atomic mass is 10.1. The summed E-state index contributed by atoms with van der Waals surface area (Å²) in [5, 5.41) is 34.9. The fourth-order valence-corrected chi connectivity index (χ4v) is 1.86. The predicted octanol–water partition coefficient (Wildman–Crippen LogP) is -2.28. The standard InChI is InChI=1S/C13H21N5O7/c14-6(4-19)10-3-8(18-25-10)7(1-2-11(15)21)16-13(24)17-9(5-20)12(22)23/h3,6-7,9,19-20H,1-2,4-5,14H2,(H2,15,21)(H,22,23)(H2,16,17,24)/t6-,7+,9-/m0/s1. The van der Waals surface area contributed by atoms with Gasteiger partial charge in [0.2, 0.25) is 5.91 Å². The van der Waals surface area contributed by atoms with Crippen molar-refractivity contribution in [3.8, 4) is 0 Å². The second-order valence-electron chi connectivity index (χ2n) is 5.19. The summed E-state index contributed by atoms with van der Waals surface area (Å²) >= 11 is 0. The molecule has 9 N–H and O–H groups in total. The molecule has 25 heavy (non-hydrogen) atoms. The van der Waals surface area contributed by atoms with Gasteiger partial charge in [-0.05, 0) is 6.42 Å². The van der Waals surface area contributed by atoms with Gasteiger partial charge in [0.05, 0.1) is 25.3 Å². The first kappa shape index (κ1) is 20.3. The molecule has 0 radical (unpaired) electrons. The lowest BCUT2D eigenvalue weighted by Crippen LogP contribution is -2.48. The number of hydrogen-bond donors (Lipinski definition) is 7. The number of nitrogens with one attached hydrogen (secondary N) is 2. The highest BCUT2D eigenvalue weighted by atomic mass is 16.5. The first-order valence-electron chi connectivity index (χ1n) is 7.30. The number of urea groups is 1. The highest BCUT2D eigenvalue weighted by Gasteiger charge is 2.24. The molecule has 3 atom stereocenters. The van der Waals surface area contributed by atoms with Crippen LogP contribution in [0.3, 0.4) is 0 Å². The Morgan fingerprint density at radius 2 is 1.92 bits per heavy atom. The number of carbonyl (C=O) groups excluding carboxylic acids is 2. The van der Waals surface area contributed by atoms with Crippen LogP contribution < -0.4 is 22.1 Å². The molecule has 1 aromatic heterocycles. The smallest absolute Gasteiger partial charge is 0.328 e. The minimum Gasteiger partial charge on any atom is -0.480 e. The Labute approximate surface area is 142 Å². The second kappa shape index (κ2) is 9.56. The van der Waals surface area contributed by atoms with Crippen molar-refractivity contribution in [3.63, 3.8) is 0 Å². The number of aromatic nitrogens is 1. The van der Waals surface area contributed by atoms with Gasteiger partial charge in [0.1, 0.15) is 5.69 Å². The Morgan fingerprint density at radius 1 is 1.24 bits per heavy atom. The number of primary amides is 1. The minimum atomic E-state index is -1.49. The fraction of sp³-hybridized carbons (Fsp3) is 0.538. The molecular weight excluding hydrogens is 338 g/mol. The van der Waals surface area contributed by atoms with Crippen molar-refractivity contribution in [2.24, 2.45) is 11.5 Å². The van der Waals surface area contributed by atoms with Gasteiger partial charge in [0, 0.05) is 12.5 Å². The first-order chi connectivity index (χ1) is 11.8. The molecule has 12 nitrogen and oxygen atoms in total. The molecule has 1 aromatic rings. The highest BCUT2D eigenvalue weighted by molar-refractivity contribution is 5.82. The lowest BCUT2D eigenvalue weighted by molar-refractivity contribution is -0.140. The molecule has 0 aromatic carbocycles. The molecule has 0 aliphatic carbocycles. The Kier molecular flexibility index (Phi) is 7.78. The molecule has 0 saturated carbocycles. The summed E-state index contributed by atoms with van der Waals surface area (Å²) in [7, 11) is 0. The third-order valence-electron chi connectivity index (χ3n) is 3.24. The van der Waals surface area contributed by atoms with Crippen molar-refractivity contribution in [1.82, 2.24) is 15.8 Å². The van der Waals surface area contributed by atoms with E-state index in [2.05, 4.69) is 15.8 Å². The molecule has 0 aliphatic rings. The Bertz CT molecular complexity index is 605. The van der Waals surface area contributed by atoms with Gasteiger partial charge >= 0.3 is 12.0 Å². The zero-order valence-electron chi connectivity index (χ0n) is 13.2. The fourth-order valence-electron chi connectivity index (χ4n) is 1.86. The van der Waals surface area contributed by atoms with Crippen LogP contribution in [0.1, 0.15) is 36.4 Å². The molecule has 3 amide bonds. The van der Waals surface area contributed by atoms with Gasteiger partial charge in [-0.3, -0.25) is 4.79 Å². The van der Waals surface area contributed by atoms with Gasteiger partial charge in [0.15, 0.2) is 11.8 Å². The summed E-state index contributed by atoms with van der Waals surface area (Å²) in [4.78, 5) is 33.7. The van der Waals surface area contributed by atoms with Crippen molar-refractivity contribution in [2.75, 3.05) is 13.2 Å². The zero-order chi connectivity index (χ0) is 19.0. The molecule has 0 bridgehead atoms. The van der Waals surface area contributed by atoms with E-state index in [1.165, 1.54) is 6.07 Å². The van der Waals surface area contributed by atoms with E-state index in [-0.39, 0.29) is 30.9 Å². The number of amides is 3. The number of carbonyl (C=O) groups is 3. The summed E-state index contributed by atoms with van der Waals surface area (Å²) in [6, 6.07) is -2.63. The predicted molar refractivity (Wildman–Crippen MR) is 81.9 cm³/mol. The van der Waals surface area contributed by atoms with Crippen molar-refractivity contribution >= 4 is 17.9 Å². The number of nitrogens with zero attached hydrogens (tertiary/aromatic N) is 1. The van der Waals surface area contributed by atoms with Crippen LogP contribution in [0.5, 0.6) is 0 Å². The van der Waals surface area contributed by atoms with Gasteiger partial charge in [0.25, 0.3) is 0 Å². The van der Waals surface area contributed by atoms with E-state index in [0.29, 0.717) is 0 Å². The number of carboxylic acids is 1. The van der Waals surface area contributed by atoms with Crippen molar-refractivity contribution in [3.05, 3.63) is 17.5 Å². The van der Waals surface area contributed by atoms with E-state index >= 15 is 0 Å². The molecule has 1 heterocycles. The van der Waals surface area contributed by atoms with Crippen LogP contribution in [0.15, 0.2) is 10.6 Å². The maximum atomic E-state index is 11.9. The number of aliphatic hydroxyl groups excluding tert-OH is 2. The van der Waals surface area contributed by atoms with E-state index in [1.807, 2.05) is 0 Å². The molecule has 1 rings (SSSR count). The number of rotatable bonds is 10. The van der Waals surface area contributed by atoms with Crippen LogP contribution in [-0.4, -0.2) is 57.6 Å². The molecule has 0 spiro atoms.